The molecule has 25 heavy (non-hydrogen) atoms. The highest BCUT2D eigenvalue weighted by atomic mass is 16.7. The third kappa shape index (κ3) is 4.45. The van der Waals surface area contributed by atoms with Crippen molar-refractivity contribution < 1.29 is 18.7 Å². The number of nitrogens with one attached hydrogen (secondary N) is 2. The summed E-state index contributed by atoms with van der Waals surface area (Å²) < 4.78 is 16.1. The highest BCUT2D eigenvalue weighted by Crippen LogP contribution is 2.32. The number of amides is 2. The van der Waals surface area contributed by atoms with Gasteiger partial charge in [-0.3, -0.25) is 4.90 Å². The van der Waals surface area contributed by atoms with E-state index >= 15 is 0 Å². The molecule has 1 atom stereocenters. The highest BCUT2D eigenvalue weighted by molar-refractivity contribution is 5.73. The Labute approximate surface area is 146 Å². The molecular weight excluding hydrogens is 322 g/mol. The Kier molecular flexibility index (Phi) is 5.45. The van der Waals surface area contributed by atoms with E-state index in [0.717, 1.165) is 29.2 Å². The first-order chi connectivity index (χ1) is 12.1. The van der Waals surface area contributed by atoms with Gasteiger partial charge < -0.3 is 24.5 Å². The second-order valence-corrected chi connectivity index (χ2v) is 6.07. The van der Waals surface area contributed by atoms with Gasteiger partial charge in [0.15, 0.2) is 11.5 Å². The lowest BCUT2D eigenvalue weighted by Gasteiger charge is -2.22. The number of rotatable bonds is 7. The Morgan fingerprint density at radius 3 is 2.80 bits per heavy atom. The number of nitrogens with zero attached hydrogens (tertiary/aromatic N) is 1. The predicted octanol–water partition coefficient (Wildman–Crippen LogP) is 2.15. The van der Waals surface area contributed by atoms with Gasteiger partial charge >= 0.3 is 6.03 Å². The lowest BCUT2D eigenvalue weighted by Crippen LogP contribution is -2.41. The number of urea groups is 1. The highest BCUT2D eigenvalue weighted by Gasteiger charge is 2.17. The molecule has 0 bridgehead atoms. The average Bonchev–Trinajstić information content (AvgIpc) is 3.25. The van der Waals surface area contributed by atoms with Crippen molar-refractivity contribution in [1.82, 2.24) is 15.5 Å². The van der Waals surface area contributed by atoms with E-state index in [1.165, 1.54) is 0 Å². The Balaban J connectivity index is 1.42. The third-order valence-corrected chi connectivity index (χ3v) is 4.09. The van der Waals surface area contributed by atoms with Crippen LogP contribution in [0.3, 0.4) is 0 Å². The Hall–Kier alpha value is -2.67. The van der Waals surface area contributed by atoms with Crippen molar-refractivity contribution in [2.24, 2.45) is 0 Å². The van der Waals surface area contributed by atoms with Crippen molar-refractivity contribution in [3.05, 3.63) is 47.9 Å². The first-order valence-electron chi connectivity index (χ1n) is 8.23. The minimum atomic E-state index is -0.195. The van der Waals surface area contributed by atoms with Crippen LogP contribution in [0.4, 0.5) is 4.79 Å². The monoisotopic (exact) mass is 345 g/mol. The summed E-state index contributed by atoms with van der Waals surface area (Å²) in [7, 11) is 3.90. The smallest absolute Gasteiger partial charge is 0.314 e. The molecule has 1 aliphatic heterocycles. The number of furan rings is 1. The molecule has 7 nitrogen and oxygen atoms in total. The van der Waals surface area contributed by atoms with Crippen LogP contribution in [0.5, 0.6) is 11.5 Å². The van der Waals surface area contributed by atoms with Crippen molar-refractivity contribution >= 4 is 6.03 Å². The predicted molar refractivity (Wildman–Crippen MR) is 92.8 cm³/mol. The van der Waals surface area contributed by atoms with E-state index in [1.54, 1.807) is 6.26 Å². The third-order valence-electron chi connectivity index (χ3n) is 4.09. The van der Waals surface area contributed by atoms with Gasteiger partial charge in [0.2, 0.25) is 6.79 Å². The normalized spacial score (nSPS) is 13.7. The molecule has 2 heterocycles. The zero-order valence-electron chi connectivity index (χ0n) is 14.5. The van der Waals surface area contributed by atoms with Gasteiger partial charge in [0.05, 0.1) is 12.3 Å². The second kappa shape index (κ2) is 7.94. The first kappa shape index (κ1) is 17.2. The average molecular weight is 345 g/mol. The number of hydrogen-bond donors (Lipinski definition) is 2. The van der Waals surface area contributed by atoms with E-state index in [2.05, 4.69) is 10.6 Å². The number of carbonyl (C=O) groups is 1. The minimum Gasteiger partial charge on any atom is -0.468 e. The van der Waals surface area contributed by atoms with E-state index in [9.17, 15) is 4.79 Å². The lowest BCUT2D eigenvalue weighted by molar-refractivity contribution is 0.174. The van der Waals surface area contributed by atoms with Crippen LogP contribution in [-0.4, -0.2) is 44.9 Å². The van der Waals surface area contributed by atoms with Gasteiger partial charge in [-0.05, 0) is 50.3 Å². The Bertz CT molecular complexity index is 700. The van der Waals surface area contributed by atoms with E-state index in [-0.39, 0.29) is 18.9 Å². The van der Waals surface area contributed by atoms with Crippen molar-refractivity contribution in [3.63, 3.8) is 0 Å². The van der Waals surface area contributed by atoms with Crippen LogP contribution < -0.4 is 20.1 Å². The van der Waals surface area contributed by atoms with Crippen LogP contribution in [0.15, 0.2) is 41.0 Å². The maximum atomic E-state index is 12.0. The summed E-state index contributed by atoms with van der Waals surface area (Å²) >= 11 is 0. The maximum Gasteiger partial charge on any atom is 0.314 e. The van der Waals surface area contributed by atoms with Crippen molar-refractivity contribution in [2.75, 3.05) is 34.0 Å². The van der Waals surface area contributed by atoms with Crippen molar-refractivity contribution in [1.29, 1.82) is 0 Å². The van der Waals surface area contributed by atoms with Gasteiger partial charge in [0.25, 0.3) is 0 Å². The van der Waals surface area contributed by atoms with Crippen molar-refractivity contribution in [2.45, 2.75) is 12.5 Å². The van der Waals surface area contributed by atoms with E-state index in [0.29, 0.717) is 13.1 Å². The molecule has 0 saturated carbocycles. The van der Waals surface area contributed by atoms with Crippen LogP contribution in [-0.2, 0) is 6.42 Å². The molecular formula is C18H23N3O4. The van der Waals surface area contributed by atoms with Crippen molar-refractivity contribution in [3.8, 4) is 11.5 Å². The fourth-order valence-electron chi connectivity index (χ4n) is 2.69. The zero-order chi connectivity index (χ0) is 17.6. The molecule has 1 aromatic heterocycles. The van der Waals surface area contributed by atoms with E-state index in [4.69, 9.17) is 13.9 Å². The van der Waals surface area contributed by atoms with E-state index < -0.39 is 0 Å². The second-order valence-electron chi connectivity index (χ2n) is 6.07. The molecule has 0 radical (unpaired) electrons. The SMILES string of the molecule is CN(C)C(CNC(=O)NCCc1ccc2c(c1)OCO2)c1ccco1. The molecule has 2 aromatic rings. The molecule has 0 aliphatic carbocycles. The number of ether oxygens (including phenoxy) is 2. The summed E-state index contributed by atoms with van der Waals surface area (Å²) in [6.07, 6.45) is 2.36. The van der Waals surface area contributed by atoms with Gasteiger partial charge in [-0.15, -0.1) is 0 Å². The summed E-state index contributed by atoms with van der Waals surface area (Å²) in [6.45, 7) is 1.28. The molecule has 0 spiro atoms. The molecule has 3 rings (SSSR count). The van der Waals surface area contributed by atoms with Crippen LogP contribution >= 0.6 is 0 Å². The Morgan fingerprint density at radius 1 is 1.20 bits per heavy atom. The summed E-state index contributed by atoms with van der Waals surface area (Å²) in [5.41, 5.74) is 1.09. The van der Waals surface area contributed by atoms with Gasteiger partial charge in [-0.1, -0.05) is 6.07 Å². The topological polar surface area (TPSA) is 76.0 Å². The molecule has 1 aliphatic rings. The van der Waals surface area contributed by atoms with Crippen LogP contribution in [0.25, 0.3) is 0 Å². The molecule has 7 heteroatoms. The zero-order valence-corrected chi connectivity index (χ0v) is 14.5. The van der Waals surface area contributed by atoms with E-state index in [1.807, 2.05) is 49.3 Å². The summed E-state index contributed by atoms with van der Waals surface area (Å²) in [6, 6.07) is 9.37. The molecule has 1 unspecified atom stereocenters. The number of carbonyl (C=O) groups excluding carboxylic acids is 1. The fraction of sp³-hybridized carbons (Fsp3) is 0.389. The lowest BCUT2D eigenvalue weighted by atomic mass is 10.1. The summed E-state index contributed by atoms with van der Waals surface area (Å²) in [5, 5.41) is 5.75. The summed E-state index contributed by atoms with van der Waals surface area (Å²) in [5.74, 6) is 2.35. The molecule has 0 saturated heterocycles. The molecule has 1 aromatic carbocycles. The molecule has 2 N–H and O–H groups in total. The van der Waals surface area contributed by atoms with Crippen LogP contribution in [0, 0.1) is 0 Å². The standard InChI is InChI=1S/C18H23N3O4/c1-21(2)14(15-4-3-9-23-15)11-20-18(22)19-8-7-13-5-6-16-17(10-13)25-12-24-16/h3-6,9-10,14H,7-8,11-12H2,1-2H3,(H2,19,20,22). The number of hydrogen-bond acceptors (Lipinski definition) is 5. The van der Waals surface area contributed by atoms with Gasteiger partial charge in [0.1, 0.15) is 5.76 Å². The molecule has 0 fully saturated rings. The maximum absolute atomic E-state index is 12.0. The largest absolute Gasteiger partial charge is 0.468 e. The summed E-state index contributed by atoms with van der Waals surface area (Å²) in [4.78, 5) is 14.0. The molecule has 2 amide bonds. The molecule has 134 valence electrons. The van der Waals surface area contributed by atoms with Crippen LogP contribution in [0.2, 0.25) is 0 Å². The van der Waals surface area contributed by atoms with Gasteiger partial charge in [0, 0.05) is 13.1 Å². The number of benzene rings is 1. The van der Waals surface area contributed by atoms with Gasteiger partial charge in [-0.2, -0.15) is 0 Å². The van der Waals surface area contributed by atoms with Crippen LogP contribution in [0.1, 0.15) is 17.4 Å². The van der Waals surface area contributed by atoms with Gasteiger partial charge in [-0.25, -0.2) is 4.79 Å². The number of fused-ring (bicyclic) bond motifs is 1. The fourth-order valence-corrected chi connectivity index (χ4v) is 2.69. The Morgan fingerprint density at radius 2 is 2.04 bits per heavy atom. The quantitative estimate of drug-likeness (QED) is 0.804. The number of likely N-dealkylation sites (N-methyl/N-ethyl adjacent to an activating group) is 1. The first-order valence-corrected chi connectivity index (χ1v) is 8.23. The minimum absolute atomic E-state index is 0.00499.